The van der Waals surface area contributed by atoms with Crippen molar-refractivity contribution < 1.29 is 13.2 Å². The molecule has 0 bridgehead atoms. The maximum Gasteiger partial charge on any atom is 0.246 e. The van der Waals surface area contributed by atoms with Crippen molar-refractivity contribution in [1.29, 1.82) is 0 Å². The molecule has 1 heterocycles. The Morgan fingerprint density at radius 1 is 1.32 bits per heavy atom. The van der Waals surface area contributed by atoms with E-state index in [2.05, 4.69) is 0 Å². The molecule has 0 aliphatic carbocycles. The second-order valence-electron chi connectivity index (χ2n) is 4.61. The smallest absolute Gasteiger partial charge is 0.246 e. The molecule has 2 unspecified atom stereocenters. The fraction of sp³-hybridized carbons (Fsp3) is 0.500. The third-order valence-corrected chi connectivity index (χ3v) is 5.19. The van der Waals surface area contributed by atoms with E-state index in [9.17, 15) is 8.42 Å². The molecule has 1 aromatic carbocycles. The van der Waals surface area contributed by atoms with Gasteiger partial charge in [-0.3, -0.25) is 0 Å². The summed E-state index contributed by atoms with van der Waals surface area (Å²) >= 11 is 0. The zero-order chi connectivity index (χ0) is 13.3. The Morgan fingerprint density at radius 2 is 1.95 bits per heavy atom. The van der Waals surface area contributed by atoms with Crippen molar-refractivity contribution in [2.45, 2.75) is 17.9 Å². The highest BCUT2D eigenvalue weighted by atomic mass is 35.5. The summed E-state index contributed by atoms with van der Waals surface area (Å²) in [4.78, 5) is 0.203. The molecule has 1 aliphatic rings. The average Bonchev–Trinajstić information content (AvgIpc) is 2.70. The second kappa shape index (κ2) is 6.09. The van der Waals surface area contributed by atoms with Crippen LogP contribution in [0.15, 0.2) is 29.2 Å². The number of hydrogen-bond acceptors (Lipinski definition) is 4. The third kappa shape index (κ3) is 3.02. The number of halogens is 1. The molecule has 0 amide bonds. The summed E-state index contributed by atoms with van der Waals surface area (Å²) in [7, 11) is -2.05. The van der Waals surface area contributed by atoms with Gasteiger partial charge in [0.05, 0.1) is 7.11 Å². The molecule has 1 fully saturated rings. The molecule has 1 aromatic rings. The summed E-state index contributed by atoms with van der Waals surface area (Å²) in [5.41, 5.74) is 5.88. The number of methoxy groups -OCH3 is 1. The van der Waals surface area contributed by atoms with E-state index in [0.717, 1.165) is 0 Å². The molecule has 19 heavy (non-hydrogen) atoms. The highest BCUT2D eigenvalue weighted by molar-refractivity contribution is 7.89. The van der Waals surface area contributed by atoms with Gasteiger partial charge in [0.25, 0.3) is 0 Å². The minimum Gasteiger partial charge on any atom is -0.495 e. The zero-order valence-corrected chi connectivity index (χ0v) is 12.6. The van der Waals surface area contributed by atoms with Crippen molar-refractivity contribution in [1.82, 2.24) is 4.31 Å². The summed E-state index contributed by atoms with van der Waals surface area (Å²) in [6, 6.07) is 6.54. The van der Waals surface area contributed by atoms with Crippen LogP contribution < -0.4 is 10.5 Å². The lowest BCUT2D eigenvalue weighted by Gasteiger charge is -2.17. The molecule has 5 nitrogen and oxygen atoms in total. The number of nitrogens with two attached hydrogens (primary N) is 1. The molecular weight excluding hydrogens is 288 g/mol. The summed E-state index contributed by atoms with van der Waals surface area (Å²) in [5, 5.41) is 0. The summed E-state index contributed by atoms with van der Waals surface area (Å²) in [6.07, 6.45) is 0. The first-order valence-corrected chi connectivity index (χ1v) is 7.29. The van der Waals surface area contributed by atoms with Crippen LogP contribution in [0.25, 0.3) is 0 Å². The lowest BCUT2D eigenvalue weighted by Crippen LogP contribution is -2.32. The van der Waals surface area contributed by atoms with E-state index in [-0.39, 0.29) is 29.3 Å². The van der Waals surface area contributed by atoms with Crippen LogP contribution >= 0.6 is 12.4 Å². The van der Waals surface area contributed by atoms with Crippen LogP contribution in [0, 0.1) is 5.92 Å². The van der Waals surface area contributed by atoms with E-state index in [0.29, 0.717) is 18.8 Å². The van der Waals surface area contributed by atoms with Crippen molar-refractivity contribution in [3.05, 3.63) is 24.3 Å². The Hall–Kier alpha value is -0.820. The molecular formula is C12H19ClN2O3S. The first-order chi connectivity index (χ1) is 8.46. The van der Waals surface area contributed by atoms with E-state index >= 15 is 0 Å². The first kappa shape index (κ1) is 16.2. The number of para-hydroxylation sites is 1. The van der Waals surface area contributed by atoms with E-state index in [1.807, 2.05) is 6.92 Å². The summed E-state index contributed by atoms with van der Waals surface area (Å²) in [5.74, 6) is 0.542. The minimum atomic E-state index is -3.52. The van der Waals surface area contributed by atoms with Gasteiger partial charge in [-0.05, 0) is 18.1 Å². The first-order valence-electron chi connectivity index (χ1n) is 5.85. The highest BCUT2D eigenvalue weighted by Gasteiger charge is 2.36. The van der Waals surface area contributed by atoms with Crippen molar-refractivity contribution in [2.75, 3.05) is 20.2 Å². The predicted molar refractivity (Wildman–Crippen MR) is 76.1 cm³/mol. The molecule has 108 valence electrons. The van der Waals surface area contributed by atoms with E-state index in [1.54, 1.807) is 24.3 Å². The lowest BCUT2D eigenvalue weighted by molar-refractivity contribution is 0.397. The normalized spacial score (nSPS) is 23.9. The van der Waals surface area contributed by atoms with Crippen LogP contribution in [-0.2, 0) is 10.0 Å². The molecule has 1 saturated heterocycles. The van der Waals surface area contributed by atoms with Crippen molar-refractivity contribution >= 4 is 22.4 Å². The molecule has 0 aromatic heterocycles. The fourth-order valence-corrected chi connectivity index (χ4v) is 3.85. The summed E-state index contributed by atoms with van der Waals surface area (Å²) < 4.78 is 31.5. The topological polar surface area (TPSA) is 72.6 Å². The molecule has 0 saturated carbocycles. The van der Waals surface area contributed by atoms with Crippen LogP contribution in [0.2, 0.25) is 0 Å². The highest BCUT2D eigenvalue weighted by Crippen LogP contribution is 2.29. The van der Waals surface area contributed by atoms with Crippen molar-refractivity contribution in [3.63, 3.8) is 0 Å². The Morgan fingerprint density at radius 3 is 2.47 bits per heavy atom. The zero-order valence-electron chi connectivity index (χ0n) is 10.9. The van der Waals surface area contributed by atoms with Crippen LogP contribution in [0.3, 0.4) is 0 Å². The molecule has 1 aliphatic heterocycles. The molecule has 2 N–H and O–H groups in total. The van der Waals surface area contributed by atoms with E-state index < -0.39 is 10.0 Å². The predicted octanol–water partition coefficient (Wildman–Crippen LogP) is 1.08. The van der Waals surface area contributed by atoms with E-state index in [1.165, 1.54) is 11.4 Å². The van der Waals surface area contributed by atoms with Gasteiger partial charge in [0.1, 0.15) is 10.6 Å². The van der Waals surface area contributed by atoms with Crippen LogP contribution in [0.1, 0.15) is 6.92 Å². The number of benzene rings is 1. The number of ether oxygens (including phenoxy) is 1. The van der Waals surface area contributed by atoms with Crippen molar-refractivity contribution in [3.8, 4) is 5.75 Å². The number of hydrogen-bond donors (Lipinski definition) is 1. The molecule has 2 atom stereocenters. The Kier molecular flexibility index (Phi) is 5.20. The van der Waals surface area contributed by atoms with Gasteiger partial charge in [0.15, 0.2) is 0 Å². The van der Waals surface area contributed by atoms with E-state index in [4.69, 9.17) is 10.5 Å². The number of sulfonamides is 1. The van der Waals surface area contributed by atoms with Crippen molar-refractivity contribution in [2.24, 2.45) is 11.7 Å². The number of rotatable bonds is 3. The van der Waals surface area contributed by atoms with Gasteiger partial charge in [-0.1, -0.05) is 19.1 Å². The third-order valence-electron chi connectivity index (χ3n) is 3.32. The van der Waals surface area contributed by atoms with Gasteiger partial charge in [-0.25, -0.2) is 8.42 Å². The monoisotopic (exact) mass is 306 g/mol. The largest absolute Gasteiger partial charge is 0.495 e. The van der Waals surface area contributed by atoms with Gasteiger partial charge in [-0.15, -0.1) is 12.4 Å². The summed E-state index contributed by atoms with van der Waals surface area (Å²) in [6.45, 7) is 2.78. The van der Waals surface area contributed by atoms with Crippen LogP contribution in [0.4, 0.5) is 0 Å². The van der Waals surface area contributed by atoms with Gasteiger partial charge < -0.3 is 10.5 Å². The molecule has 0 spiro atoms. The molecule has 7 heteroatoms. The SMILES string of the molecule is COc1ccccc1S(=O)(=O)N1CC(C)C(N)C1.Cl. The van der Waals surface area contributed by atoms with Gasteiger partial charge in [0.2, 0.25) is 10.0 Å². The van der Waals surface area contributed by atoms with Gasteiger partial charge >= 0.3 is 0 Å². The molecule has 2 rings (SSSR count). The quantitative estimate of drug-likeness (QED) is 0.907. The number of nitrogens with zero attached hydrogens (tertiary/aromatic N) is 1. The Labute approximate surface area is 120 Å². The molecule has 0 radical (unpaired) electrons. The standard InChI is InChI=1S/C12H18N2O3S.ClH/c1-9-7-14(8-10(9)13)18(15,16)12-6-4-3-5-11(12)17-2;/h3-6,9-10H,7-8,13H2,1-2H3;1H. The fourth-order valence-electron chi connectivity index (χ4n) is 2.11. The van der Waals surface area contributed by atoms with Gasteiger partial charge in [-0.2, -0.15) is 4.31 Å². The Bertz CT molecular complexity index is 526. The second-order valence-corrected chi connectivity index (χ2v) is 6.52. The maximum atomic E-state index is 12.5. The van der Waals surface area contributed by atoms with Gasteiger partial charge in [0, 0.05) is 19.1 Å². The Balaban J connectivity index is 0.00000180. The van der Waals surface area contributed by atoms with Crippen LogP contribution in [-0.4, -0.2) is 39.0 Å². The maximum absolute atomic E-state index is 12.5. The average molecular weight is 307 g/mol. The lowest BCUT2D eigenvalue weighted by atomic mass is 10.1. The van der Waals surface area contributed by atoms with Crippen LogP contribution in [0.5, 0.6) is 5.75 Å². The minimum absolute atomic E-state index is 0.